The number of imidazole rings is 1. The van der Waals surface area contributed by atoms with Crippen LogP contribution in [0.15, 0.2) is 49.2 Å². The molecular formula is C21H23N7O. The van der Waals surface area contributed by atoms with Gasteiger partial charge in [-0.1, -0.05) is 0 Å². The van der Waals surface area contributed by atoms with Crippen LogP contribution in [0.5, 0.6) is 5.75 Å². The van der Waals surface area contributed by atoms with E-state index in [1.807, 2.05) is 56.8 Å². The van der Waals surface area contributed by atoms with Gasteiger partial charge in [0.15, 0.2) is 11.6 Å². The summed E-state index contributed by atoms with van der Waals surface area (Å²) in [6, 6.07) is 7.75. The van der Waals surface area contributed by atoms with Crippen molar-refractivity contribution in [1.82, 2.24) is 24.5 Å². The second-order valence-electron chi connectivity index (χ2n) is 6.93. The molecule has 0 aliphatic rings. The molecule has 0 amide bonds. The van der Waals surface area contributed by atoms with Gasteiger partial charge in [-0.3, -0.25) is 4.98 Å². The van der Waals surface area contributed by atoms with Gasteiger partial charge in [0.25, 0.3) is 0 Å². The molecule has 2 N–H and O–H groups in total. The van der Waals surface area contributed by atoms with Crippen LogP contribution in [-0.2, 0) is 7.05 Å². The van der Waals surface area contributed by atoms with Crippen LogP contribution in [0.3, 0.4) is 0 Å². The Morgan fingerprint density at radius 3 is 2.55 bits per heavy atom. The second kappa shape index (κ2) is 7.75. The monoisotopic (exact) mass is 389 g/mol. The van der Waals surface area contributed by atoms with Crippen molar-refractivity contribution in [2.75, 3.05) is 17.7 Å². The minimum Gasteiger partial charge on any atom is -0.491 e. The minimum atomic E-state index is 0.142. The highest BCUT2D eigenvalue weighted by Crippen LogP contribution is 2.30. The van der Waals surface area contributed by atoms with Gasteiger partial charge >= 0.3 is 0 Å². The smallest absolute Gasteiger partial charge is 0.154 e. The van der Waals surface area contributed by atoms with Crippen LogP contribution >= 0.6 is 0 Å². The van der Waals surface area contributed by atoms with E-state index in [1.54, 1.807) is 24.9 Å². The molecule has 0 radical (unpaired) electrons. The SMILES string of the molecule is CNc1nc(Nc2ccc(OC(C)C)cc2)cnc1-c1cncc2c1ncn2C. The average Bonchev–Trinajstić information content (AvgIpc) is 3.10. The summed E-state index contributed by atoms with van der Waals surface area (Å²) < 4.78 is 7.61. The van der Waals surface area contributed by atoms with Gasteiger partial charge in [-0.2, -0.15) is 0 Å². The summed E-state index contributed by atoms with van der Waals surface area (Å²) >= 11 is 0. The normalized spacial score (nSPS) is 11.1. The molecule has 0 aliphatic heterocycles. The molecule has 1 aromatic carbocycles. The lowest BCUT2D eigenvalue weighted by atomic mass is 10.1. The summed E-state index contributed by atoms with van der Waals surface area (Å²) in [5.74, 6) is 2.12. The van der Waals surface area contributed by atoms with E-state index in [9.17, 15) is 0 Å². The molecule has 4 aromatic rings. The van der Waals surface area contributed by atoms with E-state index < -0.39 is 0 Å². The number of nitrogens with one attached hydrogen (secondary N) is 2. The number of hydrogen-bond acceptors (Lipinski definition) is 7. The summed E-state index contributed by atoms with van der Waals surface area (Å²) in [7, 11) is 3.76. The second-order valence-corrected chi connectivity index (χ2v) is 6.93. The number of fused-ring (bicyclic) bond motifs is 1. The molecule has 0 atom stereocenters. The number of anilines is 3. The van der Waals surface area contributed by atoms with Crippen molar-refractivity contribution in [2.45, 2.75) is 20.0 Å². The molecular weight excluding hydrogens is 366 g/mol. The van der Waals surface area contributed by atoms with Gasteiger partial charge in [0.05, 0.1) is 35.9 Å². The maximum atomic E-state index is 5.68. The van der Waals surface area contributed by atoms with Crippen molar-refractivity contribution >= 4 is 28.4 Å². The Morgan fingerprint density at radius 2 is 1.83 bits per heavy atom. The first-order valence-corrected chi connectivity index (χ1v) is 9.39. The van der Waals surface area contributed by atoms with Gasteiger partial charge in [-0.05, 0) is 38.1 Å². The number of hydrogen-bond donors (Lipinski definition) is 2. The molecule has 3 heterocycles. The van der Waals surface area contributed by atoms with Crippen molar-refractivity contribution in [1.29, 1.82) is 0 Å². The summed E-state index contributed by atoms with van der Waals surface area (Å²) in [6.45, 7) is 4.01. The van der Waals surface area contributed by atoms with Gasteiger partial charge in [0.1, 0.15) is 17.0 Å². The van der Waals surface area contributed by atoms with E-state index in [0.29, 0.717) is 17.3 Å². The maximum absolute atomic E-state index is 5.68. The summed E-state index contributed by atoms with van der Waals surface area (Å²) in [5, 5.41) is 6.40. The lowest BCUT2D eigenvalue weighted by Crippen LogP contribution is -2.05. The highest BCUT2D eigenvalue weighted by molar-refractivity contribution is 5.93. The number of nitrogens with zero attached hydrogens (tertiary/aromatic N) is 5. The molecule has 3 aromatic heterocycles. The first-order valence-electron chi connectivity index (χ1n) is 9.39. The highest BCUT2D eigenvalue weighted by atomic mass is 16.5. The van der Waals surface area contributed by atoms with Crippen molar-refractivity contribution in [3.8, 4) is 17.0 Å². The molecule has 29 heavy (non-hydrogen) atoms. The van der Waals surface area contributed by atoms with Crippen LogP contribution in [0.2, 0.25) is 0 Å². The van der Waals surface area contributed by atoms with Crippen LogP contribution in [0, 0.1) is 0 Å². The minimum absolute atomic E-state index is 0.142. The zero-order valence-electron chi connectivity index (χ0n) is 16.8. The van der Waals surface area contributed by atoms with Crippen LogP contribution in [-0.4, -0.2) is 37.7 Å². The van der Waals surface area contributed by atoms with Gasteiger partial charge in [-0.15, -0.1) is 0 Å². The first-order chi connectivity index (χ1) is 14.0. The zero-order chi connectivity index (χ0) is 20.4. The summed E-state index contributed by atoms with van der Waals surface area (Å²) in [5.41, 5.74) is 4.22. The molecule has 0 saturated heterocycles. The Kier molecular flexibility index (Phi) is 4.99. The topological polar surface area (TPSA) is 89.8 Å². The van der Waals surface area contributed by atoms with Crippen molar-refractivity contribution < 1.29 is 4.74 Å². The number of aromatic nitrogens is 5. The number of ether oxygens (including phenoxy) is 1. The van der Waals surface area contributed by atoms with Gasteiger partial charge in [0.2, 0.25) is 0 Å². The average molecular weight is 389 g/mol. The molecule has 0 unspecified atom stereocenters. The van der Waals surface area contributed by atoms with Crippen molar-refractivity contribution in [2.24, 2.45) is 7.05 Å². The molecule has 8 heteroatoms. The van der Waals surface area contributed by atoms with Crippen LogP contribution < -0.4 is 15.4 Å². The van der Waals surface area contributed by atoms with E-state index in [-0.39, 0.29) is 6.10 Å². The maximum Gasteiger partial charge on any atom is 0.154 e. The predicted molar refractivity (Wildman–Crippen MR) is 115 cm³/mol. The van der Waals surface area contributed by atoms with Gasteiger partial charge in [-0.25, -0.2) is 15.0 Å². The predicted octanol–water partition coefficient (Wildman–Crippen LogP) is 4.00. The quantitative estimate of drug-likeness (QED) is 0.515. The van der Waals surface area contributed by atoms with Gasteiger partial charge in [0, 0.05) is 26.0 Å². The fraction of sp³-hybridized carbons (Fsp3) is 0.238. The largest absolute Gasteiger partial charge is 0.491 e. The number of aryl methyl sites for hydroxylation is 1. The van der Waals surface area contributed by atoms with E-state index in [1.165, 1.54) is 0 Å². The van der Waals surface area contributed by atoms with E-state index >= 15 is 0 Å². The Morgan fingerprint density at radius 1 is 1.03 bits per heavy atom. The molecule has 0 fully saturated rings. The van der Waals surface area contributed by atoms with Crippen LogP contribution in [0.1, 0.15) is 13.8 Å². The first kappa shape index (κ1) is 18.7. The lowest BCUT2D eigenvalue weighted by molar-refractivity contribution is 0.242. The summed E-state index contributed by atoms with van der Waals surface area (Å²) in [4.78, 5) is 18.1. The third kappa shape index (κ3) is 3.82. The fourth-order valence-corrected chi connectivity index (χ4v) is 3.07. The Bertz CT molecular complexity index is 1140. The summed E-state index contributed by atoms with van der Waals surface area (Å²) in [6.07, 6.45) is 7.17. The Labute approximate surface area is 169 Å². The third-order valence-corrected chi connectivity index (χ3v) is 4.40. The van der Waals surface area contributed by atoms with Crippen LogP contribution in [0.4, 0.5) is 17.3 Å². The van der Waals surface area contributed by atoms with E-state index in [0.717, 1.165) is 28.0 Å². The Hall–Kier alpha value is -3.68. The molecule has 148 valence electrons. The molecule has 0 saturated carbocycles. The third-order valence-electron chi connectivity index (χ3n) is 4.40. The molecule has 8 nitrogen and oxygen atoms in total. The fourth-order valence-electron chi connectivity index (χ4n) is 3.07. The van der Waals surface area contributed by atoms with Crippen LogP contribution in [0.25, 0.3) is 22.3 Å². The molecule has 0 aliphatic carbocycles. The molecule has 0 bridgehead atoms. The van der Waals surface area contributed by atoms with Crippen molar-refractivity contribution in [3.05, 3.63) is 49.2 Å². The number of rotatable bonds is 6. The zero-order valence-corrected chi connectivity index (χ0v) is 16.8. The number of benzene rings is 1. The van der Waals surface area contributed by atoms with Gasteiger partial charge < -0.3 is 19.9 Å². The standard InChI is InChI=1S/C21H23N7O/c1-13(2)29-15-7-5-14(6-8-15)26-18-11-24-20(21(22-3)27-18)16-9-23-10-17-19(16)25-12-28(17)4/h5-13H,1-4H3,(H2,22,26,27). The van der Waals surface area contributed by atoms with Crippen molar-refractivity contribution in [3.63, 3.8) is 0 Å². The molecule has 4 rings (SSSR count). The number of pyridine rings is 1. The molecule has 0 spiro atoms. The Balaban J connectivity index is 1.63. The lowest BCUT2D eigenvalue weighted by Gasteiger charge is -2.12. The van der Waals surface area contributed by atoms with E-state index in [4.69, 9.17) is 4.74 Å². The van der Waals surface area contributed by atoms with E-state index in [2.05, 4.69) is 30.6 Å². The highest BCUT2D eigenvalue weighted by Gasteiger charge is 2.15.